The van der Waals surface area contributed by atoms with Crippen molar-refractivity contribution in [3.63, 3.8) is 0 Å². The molecular formula is C23H18ClFN4O2S. The van der Waals surface area contributed by atoms with Gasteiger partial charge in [-0.1, -0.05) is 29.8 Å². The van der Waals surface area contributed by atoms with Gasteiger partial charge in [0.2, 0.25) is 0 Å². The highest BCUT2D eigenvalue weighted by molar-refractivity contribution is 7.98. The summed E-state index contributed by atoms with van der Waals surface area (Å²) in [5, 5.41) is 5.86. The van der Waals surface area contributed by atoms with E-state index >= 15 is 0 Å². The zero-order valence-corrected chi connectivity index (χ0v) is 18.5. The monoisotopic (exact) mass is 468 g/mol. The number of aromatic nitrogens is 2. The molecule has 9 heteroatoms. The predicted octanol–water partition coefficient (Wildman–Crippen LogP) is 5.73. The molecule has 0 atom stereocenters. The second kappa shape index (κ2) is 9.42. The third kappa shape index (κ3) is 5.09. The number of nitrogens with one attached hydrogen (secondary N) is 2. The van der Waals surface area contributed by atoms with Crippen LogP contribution in [-0.2, 0) is 5.75 Å². The number of amides is 2. The van der Waals surface area contributed by atoms with E-state index in [1.807, 2.05) is 12.1 Å². The van der Waals surface area contributed by atoms with Gasteiger partial charge in [-0.05, 0) is 48.9 Å². The van der Waals surface area contributed by atoms with E-state index in [2.05, 4.69) is 15.6 Å². The van der Waals surface area contributed by atoms with Crippen LogP contribution in [0.3, 0.4) is 0 Å². The zero-order valence-electron chi connectivity index (χ0n) is 16.9. The summed E-state index contributed by atoms with van der Waals surface area (Å²) in [7, 11) is 0. The van der Waals surface area contributed by atoms with Crippen molar-refractivity contribution in [2.24, 2.45) is 0 Å². The summed E-state index contributed by atoms with van der Waals surface area (Å²) in [5.74, 6) is 0.0394. The predicted molar refractivity (Wildman–Crippen MR) is 126 cm³/mol. The number of carbonyl (C=O) groups excluding carboxylic acids is 1. The lowest BCUT2D eigenvalue weighted by atomic mass is 10.2. The third-order valence-electron chi connectivity index (χ3n) is 4.62. The molecule has 0 spiro atoms. The van der Waals surface area contributed by atoms with E-state index in [0.717, 1.165) is 4.90 Å². The van der Waals surface area contributed by atoms with Gasteiger partial charge < -0.3 is 10.6 Å². The van der Waals surface area contributed by atoms with Crippen LogP contribution in [0.25, 0.3) is 5.65 Å². The van der Waals surface area contributed by atoms with E-state index in [4.69, 9.17) is 11.6 Å². The summed E-state index contributed by atoms with van der Waals surface area (Å²) < 4.78 is 15.1. The van der Waals surface area contributed by atoms with E-state index in [1.54, 1.807) is 43.3 Å². The first-order valence-corrected chi connectivity index (χ1v) is 11.0. The first kappa shape index (κ1) is 21.9. The highest BCUT2D eigenvalue weighted by Crippen LogP contribution is 2.29. The number of hydrogen-bond donors (Lipinski definition) is 2. The Balaban J connectivity index is 1.47. The van der Waals surface area contributed by atoms with Gasteiger partial charge in [0.1, 0.15) is 11.5 Å². The van der Waals surface area contributed by atoms with E-state index in [-0.39, 0.29) is 11.4 Å². The average molecular weight is 469 g/mol. The highest BCUT2D eigenvalue weighted by Gasteiger charge is 2.10. The summed E-state index contributed by atoms with van der Waals surface area (Å²) in [6.07, 6.45) is 1.53. The summed E-state index contributed by atoms with van der Waals surface area (Å²) in [6.45, 7) is 1.65. The summed E-state index contributed by atoms with van der Waals surface area (Å²) in [4.78, 5) is 30.1. The van der Waals surface area contributed by atoms with Crippen molar-refractivity contribution in [2.45, 2.75) is 17.6 Å². The van der Waals surface area contributed by atoms with E-state index in [1.165, 1.54) is 34.5 Å². The number of thioether (sulfide) groups is 1. The molecule has 0 aliphatic rings. The molecule has 0 saturated carbocycles. The molecule has 6 nitrogen and oxygen atoms in total. The normalized spacial score (nSPS) is 10.8. The average Bonchev–Trinajstić information content (AvgIpc) is 2.76. The largest absolute Gasteiger partial charge is 0.323 e. The lowest BCUT2D eigenvalue weighted by Gasteiger charge is -2.12. The lowest BCUT2D eigenvalue weighted by Crippen LogP contribution is -2.20. The van der Waals surface area contributed by atoms with Crippen molar-refractivity contribution < 1.29 is 9.18 Å². The van der Waals surface area contributed by atoms with Gasteiger partial charge >= 0.3 is 6.03 Å². The number of para-hydroxylation sites is 1. The number of halogens is 2. The van der Waals surface area contributed by atoms with Crippen LogP contribution in [0.5, 0.6) is 0 Å². The summed E-state index contributed by atoms with van der Waals surface area (Å²) >= 11 is 7.38. The molecule has 2 N–H and O–H groups in total. The molecule has 0 aliphatic heterocycles. The Morgan fingerprint density at radius 3 is 2.75 bits per heavy atom. The van der Waals surface area contributed by atoms with Gasteiger partial charge in [0.15, 0.2) is 0 Å². The van der Waals surface area contributed by atoms with E-state index < -0.39 is 6.03 Å². The number of aryl methyl sites for hydroxylation is 1. The van der Waals surface area contributed by atoms with E-state index in [9.17, 15) is 14.0 Å². The number of anilines is 2. The molecule has 162 valence electrons. The van der Waals surface area contributed by atoms with Crippen LogP contribution in [0.15, 0.2) is 76.6 Å². The smallest absolute Gasteiger partial charge is 0.308 e. The number of rotatable bonds is 5. The fraction of sp³-hybridized carbons (Fsp3) is 0.0870. The molecule has 0 aliphatic carbocycles. The van der Waals surface area contributed by atoms with Gasteiger partial charge in [0, 0.05) is 28.6 Å². The molecule has 2 amide bonds. The van der Waals surface area contributed by atoms with Crippen molar-refractivity contribution in [3.8, 4) is 0 Å². The molecule has 0 fully saturated rings. The van der Waals surface area contributed by atoms with Crippen molar-refractivity contribution in [2.75, 3.05) is 10.6 Å². The van der Waals surface area contributed by atoms with Gasteiger partial charge in [-0.25, -0.2) is 14.2 Å². The van der Waals surface area contributed by atoms with Crippen LogP contribution in [0.4, 0.5) is 20.6 Å². The second-order valence-corrected chi connectivity index (χ2v) is 8.44. The van der Waals surface area contributed by atoms with Crippen molar-refractivity contribution in [3.05, 3.63) is 99.3 Å². The first-order valence-electron chi connectivity index (χ1n) is 9.63. The molecule has 0 saturated heterocycles. The Morgan fingerprint density at radius 1 is 1.12 bits per heavy atom. The number of hydrogen-bond acceptors (Lipinski definition) is 4. The Morgan fingerprint density at radius 2 is 1.94 bits per heavy atom. The molecule has 2 heterocycles. The SMILES string of the molecule is Cc1ccc(NC(=O)Nc2ccccc2SCc2cc(=O)n3cc(Cl)ccc3n2)cc1F. The number of nitrogens with zero attached hydrogens (tertiary/aromatic N) is 2. The molecule has 0 radical (unpaired) electrons. The standard InChI is InChI=1S/C23H18ClFN4O2S/c1-14-6-8-16(10-18(14)25)27-23(31)28-19-4-2-3-5-20(19)32-13-17-11-22(30)29-12-15(24)7-9-21(29)26-17/h2-12H,13H2,1H3,(H2,27,28,31). The van der Waals surface area contributed by atoms with Crippen LogP contribution in [-0.4, -0.2) is 15.4 Å². The van der Waals surface area contributed by atoms with Gasteiger partial charge in [0.05, 0.1) is 16.4 Å². The number of benzene rings is 2. The van der Waals surface area contributed by atoms with Crippen LogP contribution >= 0.6 is 23.4 Å². The van der Waals surface area contributed by atoms with Crippen molar-refractivity contribution in [1.29, 1.82) is 0 Å². The Labute approximate surface area is 192 Å². The molecule has 0 unspecified atom stereocenters. The fourth-order valence-corrected chi connectivity index (χ4v) is 4.06. The zero-order chi connectivity index (χ0) is 22.7. The maximum atomic E-state index is 13.7. The lowest BCUT2D eigenvalue weighted by molar-refractivity contribution is 0.262. The molecule has 0 bridgehead atoms. The molecule has 4 rings (SSSR count). The minimum absolute atomic E-state index is 0.218. The van der Waals surface area contributed by atoms with Crippen LogP contribution in [0, 0.1) is 12.7 Å². The second-order valence-electron chi connectivity index (χ2n) is 6.99. The van der Waals surface area contributed by atoms with Crippen LogP contribution < -0.4 is 16.2 Å². The van der Waals surface area contributed by atoms with Gasteiger partial charge in [-0.3, -0.25) is 9.20 Å². The van der Waals surface area contributed by atoms with E-state index in [0.29, 0.717) is 39.1 Å². The maximum Gasteiger partial charge on any atom is 0.323 e. The maximum absolute atomic E-state index is 13.7. The highest BCUT2D eigenvalue weighted by atomic mass is 35.5. The quantitative estimate of drug-likeness (QED) is 0.367. The molecule has 2 aromatic carbocycles. The van der Waals surface area contributed by atoms with Crippen LogP contribution in [0.2, 0.25) is 5.02 Å². The molecule has 2 aromatic heterocycles. The number of pyridine rings is 1. The van der Waals surface area contributed by atoms with Gasteiger partial charge in [-0.2, -0.15) is 0 Å². The molecule has 4 aromatic rings. The van der Waals surface area contributed by atoms with Gasteiger partial charge in [0.25, 0.3) is 5.56 Å². The minimum Gasteiger partial charge on any atom is -0.308 e. The molecule has 32 heavy (non-hydrogen) atoms. The van der Waals surface area contributed by atoms with Crippen LogP contribution in [0.1, 0.15) is 11.3 Å². The summed E-state index contributed by atoms with van der Waals surface area (Å²) in [6, 6.07) is 16.1. The fourth-order valence-electron chi connectivity index (χ4n) is 3.00. The Hall–Kier alpha value is -3.36. The van der Waals surface area contributed by atoms with Crippen molar-refractivity contribution >= 4 is 46.4 Å². The third-order valence-corrected chi connectivity index (χ3v) is 5.95. The number of carbonyl (C=O) groups is 1. The number of fused-ring (bicyclic) bond motifs is 1. The van der Waals surface area contributed by atoms with Crippen molar-refractivity contribution in [1.82, 2.24) is 9.38 Å². The topological polar surface area (TPSA) is 75.5 Å². The summed E-state index contributed by atoms with van der Waals surface area (Å²) in [5.41, 5.74) is 2.35. The Kier molecular flexibility index (Phi) is 6.43. The molecular weight excluding hydrogens is 451 g/mol. The first-order chi connectivity index (χ1) is 15.4. The number of urea groups is 1. The minimum atomic E-state index is -0.486. The van der Waals surface area contributed by atoms with Gasteiger partial charge in [-0.15, -0.1) is 11.8 Å². The Bertz CT molecular complexity index is 1380.